The molecule has 1 aromatic carbocycles. The van der Waals surface area contributed by atoms with Crippen molar-refractivity contribution in [1.29, 1.82) is 0 Å². The first-order valence-electron chi connectivity index (χ1n) is 6.28. The predicted molar refractivity (Wildman–Crippen MR) is 77.5 cm³/mol. The number of furan rings is 1. The smallest absolute Gasteiger partial charge is 0.120 e. The molecule has 4 heteroatoms. The normalized spacial score (nSPS) is 14.3. The van der Waals surface area contributed by atoms with Crippen LogP contribution in [0.1, 0.15) is 30.0 Å². The minimum atomic E-state index is -0.912. The second-order valence-electron chi connectivity index (χ2n) is 4.65. The molecule has 2 aromatic rings. The first-order chi connectivity index (χ1) is 9.06. The fourth-order valence-corrected chi connectivity index (χ4v) is 2.38. The van der Waals surface area contributed by atoms with Crippen LogP contribution in [0.25, 0.3) is 0 Å². The van der Waals surface area contributed by atoms with Crippen molar-refractivity contribution in [2.75, 3.05) is 6.26 Å². The van der Waals surface area contributed by atoms with Gasteiger partial charge in [0, 0.05) is 28.5 Å². The molecule has 1 heterocycles. The highest BCUT2D eigenvalue weighted by atomic mass is 32.2. The van der Waals surface area contributed by atoms with Gasteiger partial charge in [0.1, 0.15) is 11.5 Å². The van der Waals surface area contributed by atoms with E-state index in [0.717, 1.165) is 23.0 Å². The van der Waals surface area contributed by atoms with E-state index in [1.807, 2.05) is 43.3 Å². The van der Waals surface area contributed by atoms with Crippen molar-refractivity contribution < 1.29 is 8.63 Å². The van der Waals surface area contributed by atoms with Crippen LogP contribution in [0.3, 0.4) is 0 Å². The third-order valence-electron chi connectivity index (χ3n) is 3.06. The molecule has 2 atom stereocenters. The first kappa shape index (κ1) is 14.0. The minimum Gasteiger partial charge on any atom is -0.465 e. The fraction of sp³-hybridized carbons (Fsp3) is 0.333. The minimum absolute atomic E-state index is 0.175. The fourth-order valence-electron chi connectivity index (χ4n) is 1.86. The molecule has 2 rings (SSSR count). The van der Waals surface area contributed by atoms with Crippen LogP contribution in [0.15, 0.2) is 45.7 Å². The van der Waals surface area contributed by atoms with Crippen LogP contribution in [0, 0.1) is 6.92 Å². The first-order valence-corrected chi connectivity index (χ1v) is 7.84. The summed E-state index contributed by atoms with van der Waals surface area (Å²) in [5.41, 5.74) is 1.17. The van der Waals surface area contributed by atoms with Crippen LogP contribution in [-0.4, -0.2) is 10.5 Å². The van der Waals surface area contributed by atoms with Crippen LogP contribution >= 0.6 is 0 Å². The van der Waals surface area contributed by atoms with Gasteiger partial charge in [-0.2, -0.15) is 0 Å². The topological polar surface area (TPSA) is 42.2 Å². The molecule has 19 heavy (non-hydrogen) atoms. The third-order valence-corrected chi connectivity index (χ3v) is 3.99. The van der Waals surface area contributed by atoms with Gasteiger partial charge in [-0.25, -0.2) is 0 Å². The zero-order chi connectivity index (χ0) is 13.8. The number of aryl methyl sites for hydroxylation is 1. The van der Waals surface area contributed by atoms with E-state index < -0.39 is 10.8 Å². The van der Waals surface area contributed by atoms with E-state index in [0.29, 0.717) is 0 Å². The molecule has 1 aromatic heterocycles. The van der Waals surface area contributed by atoms with Crippen LogP contribution in [-0.2, 0) is 17.3 Å². The van der Waals surface area contributed by atoms with E-state index in [-0.39, 0.29) is 6.04 Å². The van der Waals surface area contributed by atoms with Gasteiger partial charge in [-0.05, 0) is 43.7 Å². The zero-order valence-electron chi connectivity index (χ0n) is 11.5. The summed E-state index contributed by atoms with van der Waals surface area (Å²) in [5, 5.41) is 3.41. The lowest BCUT2D eigenvalue weighted by molar-refractivity contribution is 0.416. The van der Waals surface area contributed by atoms with E-state index in [1.165, 1.54) is 5.56 Å². The van der Waals surface area contributed by atoms with Gasteiger partial charge >= 0.3 is 0 Å². The molecule has 0 spiro atoms. The summed E-state index contributed by atoms with van der Waals surface area (Å²) in [4.78, 5) is 0.860. The van der Waals surface area contributed by atoms with Gasteiger partial charge in [-0.1, -0.05) is 12.1 Å². The van der Waals surface area contributed by atoms with Gasteiger partial charge in [0.25, 0.3) is 0 Å². The molecule has 0 radical (unpaired) electrons. The molecule has 0 saturated carbocycles. The number of nitrogens with one attached hydrogen (secondary N) is 1. The maximum Gasteiger partial charge on any atom is 0.120 e. The van der Waals surface area contributed by atoms with Crippen molar-refractivity contribution in [2.24, 2.45) is 0 Å². The number of hydrogen-bond acceptors (Lipinski definition) is 3. The van der Waals surface area contributed by atoms with Crippen LogP contribution in [0.4, 0.5) is 0 Å². The Bertz CT molecular complexity index is 560. The van der Waals surface area contributed by atoms with Crippen LogP contribution in [0.2, 0.25) is 0 Å². The predicted octanol–water partition coefficient (Wildman–Crippen LogP) is 3.18. The highest BCUT2D eigenvalue weighted by Crippen LogP contribution is 2.16. The molecule has 3 nitrogen and oxygen atoms in total. The van der Waals surface area contributed by atoms with E-state index in [9.17, 15) is 4.21 Å². The monoisotopic (exact) mass is 277 g/mol. The molecule has 0 bridgehead atoms. The summed E-state index contributed by atoms with van der Waals surface area (Å²) in [7, 11) is -0.912. The van der Waals surface area contributed by atoms with Gasteiger partial charge < -0.3 is 9.73 Å². The largest absolute Gasteiger partial charge is 0.465 e. The van der Waals surface area contributed by atoms with Gasteiger partial charge in [-0.15, -0.1) is 0 Å². The van der Waals surface area contributed by atoms with Crippen LogP contribution in [0.5, 0.6) is 0 Å². The average Bonchev–Trinajstić information content (AvgIpc) is 2.83. The summed E-state index contributed by atoms with van der Waals surface area (Å²) in [6.45, 7) is 4.78. The summed E-state index contributed by atoms with van der Waals surface area (Å²) < 4.78 is 16.9. The highest BCUT2D eigenvalue weighted by Gasteiger charge is 2.08. The summed E-state index contributed by atoms with van der Waals surface area (Å²) in [5.74, 6) is 1.88. The molecule has 0 aliphatic heterocycles. The highest BCUT2D eigenvalue weighted by molar-refractivity contribution is 7.84. The maximum absolute atomic E-state index is 11.3. The SMILES string of the molecule is Cc1ccc([C@@H](C)NCc2ccc([S@](C)=O)cc2)o1. The second kappa shape index (κ2) is 6.17. The zero-order valence-corrected chi connectivity index (χ0v) is 12.3. The Morgan fingerprint density at radius 1 is 1.21 bits per heavy atom. The summed E-state index contributed by atoms with van der Waals surface area (Å²) in [6.07, 6.45) is 1.69. The lowest BCUT2D eigenvalue weighted by Gasteiger charge is -2.11. The molecule has 0 aliphatic carbocycles. The van der Waals surface area contributed by atoms with Crippen molar-refractivity contribution in [3.63, 3.8) is 0 Å². The Kier molecular flexibility index (Phi) is 4.56. The number of rotatable bonds is 5. The van der Waals surface area contributed by atoms with Gasteiger partial charge in [0.05, 0.1) is 6.04 Å². The van der Waals surface area contributed by atoms with Gasteiger partial charge in [0.2, 0.25) is 0 Å². The van der Waals surface area contributed by atoms with Crippen molar-refractivity contribution in [2.45, 2.75) is 31.3 Å². The van der Waals surface area contributed by atoms with Crippen molar-refractivity contribution in [1.82, 2.24) is 5.32 Å². The third kappa shape index (κ3) is 3.78. The van der Waals surface area contributed by atoms with E-state index in [4.69, 9.17) is 4.42 Å². The molecule has 1 N–H and O–H groups in total. The van der Waals surface area contributed by atoms with Gasteiger partial charge in [0.15, 0.2) is 0 Å². The number of hydrogen-bond donors (Lipinski definition) is 1. The molecular formula is C15H19NO2S. The molecule has 102 valence electrons. The molecular weight excluding hydrogens is 258 g/mol. The Morgan fingerprint density at radius 2 is 1.89 bits per heavy atom. The van der Waals surface area contributed by atoms with E-state index >= 15 is 0 Å². The van der Waals surface area contributed by atoms with Crippen molar-refractivity contribution >= 4 is 10.8 Å². The lowest BCUT2D eigenvalue weighted by Crippen LogP contribution is -2.17. The molecule has 0 fully saturated rings. The lowest BCUT2D eigenvalue weighted by atomic mass is 10.2. The van der Waals surface area contributed by atoms with Crippen molar-refractivity contribution in [3.05, 3.63) is 53.5 Å². The summed E-state index contributed by atoms with van der Waals surface area (Å²) >= 11 is 0. The van der Waals surface area contributed by atoms with Gasteiger partial charge in [-0.3, -0.25) is 4.21 Å². The second-order valence-corrected chi connectivity index (χ2v) is 6.03. The Labute approximate surface area is 116 Å². The van der Waals surface area contributed by atoms with Crippen molar-refractivity contribution in [3.8, 4) is 0 Å². The number of benzene rings is 1. The molecule has 0 saturated heterocycles. The van der Waals surface area contributed by atoms with E-state index in [2.05, 4.69) is 12.2 Å². The standard InChI is InChI=1S/C15H19NO2S/c1-11-4-9-15(18-11)12(2)16-10-13-5-7-14(8-6-13)19(3)17/h4-9,12,16H,10H2,1-3H3/t12-,19+/m1/s1. The average molecular weight is 277 g/mol. The Hall–Kier alpha value is -1.39. The summed E-state index contributed by atoms with van der Waals surface area (Å²) in [6, 6.07) is 12.0. The van der Waals surface area contributed by atoms with E-state index in [1.54, 1.807) is 6.26 Å². The molecule has 0 amide bonds. The molecule has 0 aliphatic rings. The van der Waals surface area contributed by atoms with Crippen LogP contribution < -0.4 is 5.32 Å². The molecule has 0 unspecified atom stereocenters. The quantitative estimate of drug-likeness (QED) is 0.912. The maximum atomic E-state index is 11.3. The Morgan fingerprint density at radius 3 is 2.42 bits per heavy atom. The Balaban J connectivity index is 1.93.